The van der Waals surface area contributed by atoms with Crippen LogP contribution in [0.5, 0.6) is 0 Å². The lowest BCUT2D eigenvalue weighted by atomic mass is 9.87. The zero-order chi connectivity index (χ0) is 14.1. The van der Waals surface area contributed by atoms with Crippen molar-refractivity contribution in [3.63, 3.8) is 0 Å². The van der Waals surface area contributed by atoms with Gasteiger partial charge in [-0.2, -0.15) is 13.2 Å². The largest absolute Gasteiger partial charge is 0.490 e. The molecule has 0 amide bonds. The molecule has 4 nitrogen and oxygen atoms in total. The molecule has 1 spiro atoms. The van der Waals surface area contributed by atoms with Crippen LogP contribution in [0.25, 0.3) is 0 Å². The normalized spacial score (nSPS) is 31.3. The lowest BCUT2D eigenvalue weighted by Gasteiger charge is -2.22. The van der Waals surface area contributed by atoms with Crippen LogP contribution in [0.4, 0.5) is 13.2 Å². The number of nitrogens with zero attached hydrogens (tertiary/aromatic N) is 1. The third-order valence-electron chi connectivity index (χ3n) is 4.11. The molecule has 1 atom stereocenters. The lowest BCUT2D eigenvalue weighted by molar-refractivity contribution is -0.192. The molecule has 19 heavy (non-hydrogen) atoms. The van der Waals surface area contributed by atoms with Gasteiger partial charge >= 0.3 is 12.1 Å². The van der Waals surface area contributed by atoms with Crippen LogP contribution >= 0.6 is 0 Å². The van der Waals surface area contributed by atoms with Crippen LogP contribution in [0.3, 0.4) is 0 Å². The van der Waals surface area contributed by atoms with Crippen LogP contribution < -0.4 is 5.32 Å². The first-order valence-electron chi connectivity index (χ1n) is 6.57. The third kappa shape index (κ3) is 3.82. The molecule has 2 heterocycles. The van der Waals surface area contributed by atoms with Crippen LogP contribution in [0.2, 0.25) is 0 Å². The summed E-state index contributed by atoms with van der Waals surface area (Å²) in [5.74, 6) is -2.76. The minimum absolute atomic E-state index is 0.697. The van der Waals surface area contributed by atoms with Gasteiger partial charge in [-0.1, -0.05) is 0 Å². The van der Waals surface area contributed by atoms with Crippen LogP contribution in [0, 0.1) is 5.41 Å². The van der Waals surface area contributed by atoms with E-state index in [1.54, 1.807) is 0 Å². The number of halogens is 3. The van der Waals surface area contributed by atoms with E-state index in [0.717, 1.165) is 6.04 Å². The highest BCUT2D eigenvalue weighted by atomic mass is 19.4. The average molecular weight is 280 g/mol. The topological polar surface area (TPSA) is 52.6 Å². The van der Waals surface area contributed by atoms with E-state index in [1.807, 2.05) is 0 Å². The molecule has 0 bridgehead atoms. The van der Waals surface area contributed by atoms with Gasteiger partial charge in [-0.15, -0.1) is 0 Å². The highest BCUT2D eigenvalue weighted by molar-refractivity contribution is 5.73. The van der Waals surface area contributed by atoms with Crippen LogP contribution in [0.15, 0.2) is 0 Å². The van der Waals surface area contributed by atoms with E-state index in [2.05, 4.69) is 10.2 Å². The van der Waals surface area contributed by atoms with E-state index >= 15 is 0 Å². The second kappa shape index (κ2) is 5.28. The minimum atomic E-state index is -5.08. The number of likely N-dealkylation sites (tertiary alicyclic amines) is 1. The molecule has 1 saturated carbocycles. The number of carboxylic acid groups (broad SMARTS) is 1. The number of alkyl halides is 3. The maximum absolute atomic E-state index is 10.6. The molecular weight excluding hydrogens is 261 g/mol. The Balaban J connectivity index is 0.000000167. The highest BCUT2D eigenvalue weighted by Crippen LogP contribution is 2.40. The summed E-state index contributed by atoms with van der Waals surface area (Å²) in [6, 6.07) is 0.991. The van der Waals surface area contributed by atoms with Crippen molar-refractivity contribution in [1.82, 2.24) is 10.2 Å². The van der Waals surface area contributed by atoms with Crippen molar-refractivity contribution in [2.24, 2.45) is 5.41 Å². The average Bonchev–Trinajstić information content (AvgIpc) is 2.94. The summed E-state index contributed by atoms with van der Waals surface area (Å²) in [5, 5.41) is 10.6. The van der Waals surface area contributed by atoms with Crippen molar-refractivity contribution in [3.05, 3.63) is 0 Å². The standard InChI is InChI=1S/C10H18N2.C2HF3O2/c1-2-9(1)12-6-4-10(8-12)3-5-11-7-10;3-2(4,5)1(6)7/h9,11H,1-8H2;(H,6,7). The number of hydrogen-bond donors (Lipinski definition) is 2. The van der Waals surface area contributed by atoms with Gasteiger partial charge in [0.1, 0.15) is 0 Å². The summed E-state index contributed by atoms with van der Waals surface area (Å²) < 4.78 is 31.7. The van der Waals surface area contributed by atoms with Crippen molar-refractivity contribution >= 4 is 5.97 Å². The monoisotopic (exact) mass is 280 g/mol. The van der Waals surface area contributed by atoms with E-state index in [9.17, 15) is 13.2 Å². The number of rotatable bonds is 1. The molecule has 1 unspecified atom stereocenters. The Hall–Kier alpha value is -0.820. The molecule has 0 aromatic carbocycles. The second-order valence-electron chi connectivity index (χ2n) is 5.68. The quantitative estimate of drug-likeness (QED) is 0.763. The van der Waals surface area contributed by atoms with Gasteiger partial charge < -0.3 is 10.4 Å². The van der Waals surface area contributed by atoms with Gasteiger partial charge in [0, 0.05) is 19.1 Å². The molecule has 1 aliphatic carbocycles. The third-order valence-corrected chi connectivity index (χ3v) is 4.11. The van der Waals surface area contributed by atoms with E-state index in [4.69, 9.17) is 9.90 Å². The molecule has 3 rings (SSSR count). The van der Waals surface area contributed by atoms with Crippen molar-refractivity contribution in [3.8, 4) is 0 Å². The smallest absolute Gasteiger partial charge is 0.475 e. The Morgan fingerprint density at radius 1 is 1.32 bits per heavy atom. The van der Waals surface area contributed by atoms with Gasteiger partial charge in [-0.3, -0.25) is 4.90 Å². The van der Waals surface area contributed by atoms with Crippen molar-refractivity contribution < 1.29 is 23.1 Å². The fourth-order valence-corrected chi connectivity index (χ4v) is 2.86. The van der Waals surface area contributed by atoms with Gasteiger partial charge in [0.2, 0.25) is 0 Å². The molecular formula is C12H19F3N2O2. The molecule has 0 aromatic rings. The number of nitrogens with one attached hydrogen (secondary N) is 1. The SMILES string of the molecule is C1CC2(CCN(C3CC3)C2)CN1.O=C(O)C(F)(F)F. The first-order chi connectivity index (χ1) is 8.82. The van der Waals surface area contributed by atoms with Crippen molar-refractivity contribution in [2.75, 3.05) is 26.2 Å². The Labute approximate surface area is 110 Å². The molecule has 2 saturated heterocycles. The Morgan fingerprint density at radius 2 is 1.95 bits per heavy atom. The van der Waals surface area contributed by atoms with Crippen LogP contribution in [-0.4, -0.2) is 54.4 Å². The van der Waals surface area contributed by atoms with Crippen molar-refractivity contribution in [1.29, 1.82) is 0 Å². The van der Waals surface area contributed by atoms with E-state index in [1.165, 1.54) is 51.9 Å². The maximum atomic E-state index is 10.6. The molecule has 3 fully saturated rings. The van der Waals surface area contributed by atoms with Crippen LogP contribution in [0.1, 0.15) is 25.7 Å². The van der Waals surface area contributed by atoms with Gasteiger partial charge in [0.05, 0.1) is 0 Å². The summed E-state index contributed by atoms with van der Waals surface area (Å²) in [5.41, 5.74) is 0.697. The number of hydrogen-bond acceptors (Lipinski definition) is 3. The zero-order valence-electron chi connectivity index (χ0n) is 10.7. The molecule has 2 aliphatic heterocycles. The Morgan fingerprint density at radius 3 is 2.37 bits per heavy atom. The summed E-state index contributed by atoms with van der Waals surface area (Å²) in [6.45, 7) is 5.33. The van der Waals surface area contributed by atoms with E-state index in [-0.39, 0.29) is 0 Å². The van der Waals surface area contributed by atoms with Gasteiger partial charge in [0.15, 0.2) is 0 Å². The molecule has 7 heteroatoms. The zero-order valence-corrected chi connectivity index (χ0v) is 10.7. The predicted octanol–water partition coefficient (Wildman–Crippen LogP) is 1.47. The predicted molar refractivity (Wildman–Crippen MR) is 62.8 cm³/mol. The highest BCUT2D eigenvalue weighted by Gasteiger charge is 2.44. The van der Waals surface area contributed by atoms with Gasteiger partial charge in [-0.05, 0) is 44.2 Å². The summed E-state index contributed by atoms with van der Waals surface area (Å²) in [7, 11) is 0. The molecule has 110 valence electrons. The van der Waals surface area contributed by atoms with E-state index < -0.39 is 12.1 Å². The molecule has 0 aromatic heterocycles. The fourth-order valence-electron chi connectivity index (χ4n) is 2.86. The fraction of sp³-hybridized carbons (Fsp3) is 0.917. The Kier molecular flexibility index (Phi) is 4.06. The second-order valence-corrected chi connectivity index (χ2v) is 5.68. The van der Waals surface area contributed by atoms with Crippen molar-refractivity contribution in [2.45, 2.75) is 37.9 Å². The minimum Gasteiger partial charge on any atom is -0.475 e. The lowest BCUT2D eigenvalue weighted by Crippen LogP contribution is -2.30. The first-order valence-corrected chi connectivity index (χ1v) is 6.57. The number of carboxylic acids is 1. The molecule has 3 aliphatic rings. The summed E-state index contributed by atoms with van der Waals surface area (Å²) in [4.78, 5) is 11.6. The molecule has 2 N–H and O–H groups in total. The van der Waals surface area contributed by atoms with Crippen LogP contribution in [-0.2, 0) is 4.79 Å². The van der Waals surface area contributed by atoms with Gasteiger partial charge in [-0.25, -0.2) is 4.79 Å². The summed E-state index contributed by atoms with van der Waals surface area (Å²) in [6.07, 6.45) is 0.750. The van der Waals surface area contributed by atoms with Gasteiger partial charge in [0.25, 0.3) is 0 Å². The number of carbonyl (C=O) groups is 1. The molecule has 0 radical (unpaired) electrons. The Bertz CT molecular complexity index is 336. The van der Waals surface area contributed by atoms with E-state index in [0.29, 0.717) is 5.41 Å². The maximum Gasteiger partial charge on any atom is 0.490 e. The summed E-state index contributed by atoms with van der Waals surface area (Å²) >= 11 is 0. The first kappa shape index (κ1) is 14.6. The number of aliphatic carboxylic acids is 1.